The molecular weight excluding hydrogens is 450 g/mol. The van der Waals surface area contributed by atoms with Gasteiger partial charge in [0.15, 0.2) is 0 Å². The minimum atomic E-state index is -0.201. The second-order valence-corrected chi connectivity index (χ2v) is 8.43. The summed E-state index contributed by atoms with van der Waals surface area (Å²) in [6.45, 7) is 1.04. The molecule has 182 valence electrons. The molecule has 4 aromatic rings. The van der Waals surface area contributed by atoms with Crippen molar-refractivity contribution in [3.05, 3.63) is 126 Å². The third-order valence-electron chi connectivity index (χ3n) is 5.54. The summed E-state index contributed by atoms with van der Waals surface area (Å²) in [5, 5.41) is 5.97. The first-order valence-electron chi connectivity index (χ1n) is 11.8. The van der Waals surface area contributed by atoms with E-state index in [-0.39, 0.29) is 18.4 Å². The number of hydrogen-bond acceptors (Lipinski definition) is 4. The first kappa shape index (κ1) is 24.5. The molecule has 0 saturated heterocycles. The summed E-state index contributed by atoms with van der Waals surface area (Å²) in [6.07, 6.45) is 0. The first-order valence-corrected chi connectivity index (χ1v) is 11.8. The van der Waals surface area contributed by atoms with E-state index >= 15 is 0 Å². The van der Waals surface area contributed by atoms with Gasteiger partial charge in [0.1, 0.15) is 12.4 Å². The van der Waals surface area contributed by atoms with Crippen molar-refractivity contribution in [3.63, 3.8) is 0 Å². The van der Waals surface area contributed by atoms with E-state index in [0.29, 0.717) is 35.8 Å². The van der Waals surface area contributed by atoms with Gasteiger partial charge in [-0.3, -0.25) is 9.59 Å². The van der Waals surface area contributed by atoms with Crippen LogP contribution in [0.25, 0.3) is 0 Å². The number of nitrogens with one attached hydrogen (secondary N) is 2. The van der Waals surface area contributed by atoms with Crippen molar-refractivity contribution in [2.75, 3.05) is 24.2 Å². The molecule has 0 radical (unpaired) electrons. The number of carbonyl (C=O) groups is 2. The van der Waals surface area contributed by atoms with Gasteiger partial charge in [-0.25, -0.2) is 0 Å². The van der Waals surface area contributed by atoms with E-state index in [2.05, 4.69) is 10.6 Å². The van der Waals surface area contributed by atoms with E-state index in [1.165, 1.54) is 0 Å². The highest BCUT2D eigenvalue weighted by molar-refractivity contribution is 5.96. The second-order valence-electron chi connectivity index (χ2n) is 8.43. The van der Waals surface area contributed by atoms with Gasteiger partial charge in [0.25, 0.3) is 5.91 Å². The molecule has 0 atom stereocenters. The molecule has 6 heteroatoms. The lowest BCUT2D eigenvalue weighted by molar-refractivity contribution is -0.114. The van der Waals surface area contributed by atoms with Crippen LogP contribution in [0.15, 0.2) is 109 Å². The van der Waals surface area contributed by atoms with Gasteiger partial charge in [-0.15, -0.1) is 0 Å². The quantitative estimate of drug-likeness (QED) is 0.311. The lowest BCUT2D eigenvalue weighted by atomic mass is 10.1. The molecule has 0 spiro atoms. The van der Waals surface area contributed by atoms with Gasteiger partial charge in [-0.05, 0) is 41.5 Å². The second kappa shape index (κ2) is 12.2. The van der Waals surface area contributed by atoms with Crippen molar-refractivity contribution in [3.8, 4) is 5.75 Å². The average Bonchev–Trinajstić information content (AvgIpc) is 2.92. The topological polar surface area (TPSA) is 70.7 Å². The standard InChI is InChI=1S/C30H29N3O3/c1-33(21-23-10-4-2-5-11-23)30(35)25-14-8-15-26(18-25)31-20-29(34)32-27-16-9-17-28(19-27)36-22-24-12-6-3-7-13-24/h2-19,31H,20-22H2,1H3,(H,32,34). The molecule has 0 bridgehead atoms. The number of benzene rings is 4. The average molecular weight is 480 g/mol. The lowest BCUT2D eigenvalue weighted by Crippen LogP contribution is -2.26. The van der Waals surface area contributed by atoms with Crippen LogP contribution in [0.2, 0.25) is 0 Å². The van der Waals surface area contributed by atoms with E-state index < -0.39 is 0 Å². The fourth-order valence-corrected chi connectivity index (χ4v) is 3.70. The summed E-state index contributed by atoms with van der Waals surface area (Å²) < 4.78 is 5.83. The van der Waals surface area contributed by atoms with Gasteiger partial charge in [0.2, 0.25) is 5.91 Å². The van der Waals surface area contributed by atoms with Gasteiger partial charge in [-0.1, -0.05) is 72.8 Å². The molecule has 6 nitrogen and oxygen atoms in total. The Bertz CT molecular complexity index is 1290. The maximum atomic E-state index is 12.9. The molecule has 2 N–H and O–H groups in total. The van der Waals surface area contributed by atoms with Gasteiger partial charge < -0.3 is 20.3 Å². The predicted molar refractivity (Wildman–Crippen MR) is 143 cm³/mol. The van der Waals surface area contributed by atoms with Crippen LogP contribution < -0.4 is 15.4 Å². The maximum Gasteiger partial charge on any atom is 0.253 e. The Morgan fingerprint density at radius 3 is 2.17 bits per heavy atom. The Kier molecular flexibility index (Phi) is 8.33. The van der Waals surface area contributed by atoms with Gasteiger partial charge in [0, 0.05) is 36.6 Å². The molecule has 2 amide bonds. The SMILES string of the molecule is CN(Cc1ccccc1)C(=O)c1cccc(NCC(=O)Nc2cccc(OCc3ccccc3)c2)c1. The van der Waals surface area contributed by atoms with Crippen LogP contribution in [0.3, 0.4) is 0 Å². The Hall–Kier alpha value is -4.58. The molecule has 0 saturated carbocycles. The molecule has 4 rings (SSSR count). The monoisotopic (exact) mass is 479 g/mol. The van der Waals surface area contributed by atoms with Crippen LogP contribution in [0, 0.1) is 0 Å². The van der Waals surface area contributed by atoms with Crippen molar-refractivity contribution >= 4 is 23.2 Å². The molecule has 0 aliphatic carbocycles. The summed E-state index contributed by atoms with van der Waals surface area (Å²) >= 11 is 0. The zero-order valence-corrected chi connectivity index (χ0v) is 20.2. The molecule has 0 aliphatic heterocycles. The summed E-state index contributed by atoms with van der Waals surface area (Å²) in [5.41, 5.74) is 4.04. The third kappa shape index (κ3) is 7.21. The highest BCUT2D eigenvalue weighted by Crippen LogP contribution is 2.19. The van der Waals surface area contributed by atoms with Crippen LogP contribution in [0.1, 0.15) is 21.5 Å². The zero-order chi connectivity index (χ0) is 25.2. The first-order chi connectivity index (χ1) is 17.6. The largest absolute Gasteiger partial charge is 0.489 e. The predicted octanol–water partition coefficient (Wildman–Crippen LogP) is 5.59. The minimum Gasteiger partial charge on any atom is -0.489 e. The molecule has 0 unspecified atom stereocenters. The number of rotatable bonds is 10. The summed E-state index contributed by atoms with van der Waals surface area (Å²) in [7, 11) is 1.78. The molecule has 0 heterocycles. The van der Waals surface area contributed by atoms with E-state index in [1.807, 2.05) is 84.9 Å². The fraction of sp³-hybridized carbons (Fsp3) is 0.133. The normalized spacial score (nSPS) is 10.4. The van der Waals surface area contributed by atoms with E-state index in [0.717, 1.165) is 11.1 Å². The smallest absolute Gasteiger partial charge is 0.253 e. The summed E-state index contributed by atoms with van der Waals surface area (Å²) in [5.74, 6) is 0.392. The molecule has 0 fully saturated rings. The highest BCUT2D eigenvalue weighted by atomic mass is 16.5. The van der Waals surface area contributed by atoms with Gasteiger partial charge in [-0.2, -0.15) is 0 Å². The van der Waals surface area contributed by atoms with Crippen LogP contribution in [0.4, 0.5) is 11.4 Å². The number of amides is 2. The van der Waals surface area contributed by atoms with Gasteiger partial charge >= 0.3 is 0 Å². The maximum absolute atomic E-state index is 12.9. The summed E-state index contributed by atoms with van der Waals surface area (Å²) in [4.78, 5) is 27.1. The Morgan fingerprint density at radius 1 is 0.750 bits per heavy atom. The molecule has 36 heavy (non-hydrogen) atoms. The molecular formula is C30H29N3O3. The molecule has 0 aromatic heterocycles. The van der Waals surface area contributed by atoms with Crippen molar-refractivity contribution in [2.24, 2.45) is 0 Å². The minimum absolute atomic E-state index is 0.0621. The van der Waals surface area contributed by atoms with Crippen molar-refractivity contribution < 1.29 is 14.3 Å². The van der Waals surface area contributed by atoms with Crippen molar-refractivity contribution in [2.45, 2.75) is 13.2 Å². The Morgan fingerprint density at radius 2 is 1.42 bits per heavy atom. The fourth-order valence-electron chi connectivity index (χ4n) is 3.70. The molecule has 4 aromatic carbocycles. The van der Waals surface area contributed by atoms with E-state index in [9.17, 15) is 9.59 Å². The van der Waals surface area contributed by atoms with Crippen LogP contribution in [-0.2, 0) is 17.9 Å². The van der Waals surface area contributed by atoms with Crippen LogP contribution >= 0.6 is 0 Å². The van der Waals surface area contributed by atoms with E-state index in [4.69, 9.17) is 4.74 Å². The summed E-state index contributed by atoms with van der Waals surface area (Å²) in [6, 6.07) is 34.2. The van der Waals surface area contributed by atoms with Crippen LogP contribution in [0.5, 0.6) is 5.75 Å². The van der Waals surface area contributed by atoms with E-state index in [1.54, 1.807) is 36.2 Å². The van der Waals surface area contributed by atoms with Crippen molar-refractivity contribution in [1.82, 2.24) is 4.90 Å². The third-order valence-corrected chi connectivity index (χ3v) is 5.54. The Labute approximate surface area is 211 Å². The zero-order valence-electron chi connectivity index (χ0n) is 20.2. The molecule has 0 aliphatic rings. The lowest BCUT2D eigenvalue weighted by Gasteiger charge is -2.18. The number of carbonyl (C=O) groups excluding carboxylic acids is 2. The van der Waals surface area contributed by atoms with Gasteiger partial charge in [0.05, 0.1) is 6.54 Å². The number of ether oxygens (including phenoxy) is 1. The number of hydrogen-bond donors (Lipinski definition) is 2. The Balaban J connectivity index is 1.28. The highest BCUT2D eigenvalue weighted by Gasteiger charge is 2.13. The van der Waals surface area contributed by atoms with Crippen LogP contribution in [-0.4, -0.2) is 30.3 Å². The van der Waals surface area contributed by atoms with Crippen molar-refractivity contribution in [1.29, 1.82) is 0 Å². The number of nitrogens with zero attached hydrogens (tertiary/aromatic N) is 1. The number of anilines is 2.